The molecular weight excluding hydrogens is 552 g/mol. The summed E-state index contributed by atoms with van der Waals surface area (Å²) in [5.41, 5.74) is 12.3. The molecule has 0 fully saturated rings. The first kappa shape index (κ1) is 27.6. The van der Waals surface area contributed by atoms with Crippen molar-refractivity contribution in [2.24, 2.45) is 0 Å². The molecule has 45 heavy (non-hydrogen) atoms. The molecule has 1 aromatic heterocycles. The van der Waals surface area contributed by atoms with E-state index >= 15 is 0 Å². The molecule has 0 bridgehead atoms. The lowest BCUT2D eigenvalue weighted by Gasteiger charge is -2.44. The van der Waals surface area contributed by atoms with E-state index in [9.17, 15) is 4.79 Å². The number of ketones is 1. The Morgan fingerprint density at radius 2 is 1.64 bits per heavy atom. The van der Waals surface area contributed by atoms with Gasteiger partial charge >= 0.3 is 0 Å². The quantitative estimate of drug-likeness (QED) is 0.227. The molecule has 0 spiro atoms. The van der Waals surface area contributed by atoms with Crippen LogP contribution in [-0.2, 0) is 11.3 Å². The Hall–Kier alpha value is -4.90. The maximum atomic E-state index is 14.3. The van der Waals surface area contributed by atoms with Crippen molar-refractivity contribution in [1.82, 2.24) is 9.55 Å². The second-order valence-electron chi connectivity index (χ2n) is 13.4. The van der Waals surface area contributed by atoms with Crippen LogP contribution < -0.4 is 10.2 Å². The lowest BCUT2D eigenvalue weighted by atomic mass is 9.76. The standard InChI is InChI=1S/C40H38N4O/c1-25-12-8-9-15-30(25)29-21-33-37(36(45)22-29)38(44-35-17-11-10-16-32(35)41-39(44)42-33)28-18-19-34-31(20-28)26(2)23-40(3,4)43(34)24-27-13-6-5-7-14-27/h5-20,23,29,38H,21-22,24H2,1-4H3,(H,41,42)/t29-,38+/m0/s1. The van der Waals surface area contributed by atoms with Crippen LogP contribution in [0.15, 0.2) is 114 Å². The maximum absolute atomic E-state index is 14.3. The van der Waals surface area contributed by atoms with Gasteiger partial charge in [-0.2, -0.15) is 0 Å². The summed E-state index contributed by atoms with van der Waals surface area (Å²) in [6, 6.07) is 34.0. The number of hydrogen-bond donors (Lipinski definition) is 1. The van der Waals surface area contributed by atoms with Crippen LogP contribution in [0.1, 0.15) is 73.4 Å². The number of allylic oxidation sites excluding steroid dienone is 3. The van der Waals surface area contributed by atoms with Gasteiger partial charge in [-0.05, 0) is 92.1 Å². The molecule has 0 saturated carbocycles. The number of carbonyl (C=O) groups is 1. The Morgan fingerprint density at radius 1 is 0.889 bits per heavy atom. The summed E-state index contributed by atoms with van der Waals surface area (Å²) in [6.45, 7) is 9.76. The van der Waals surface area contributed by atoms with Crippen molar-refractivity contribution in [3.8, 4) is 0 Å². The van der Waals surface area contributed by atoms with Crippen molar-refractivity contribution in [1.29, 1.82) is 0 Å². The molecule has 2 aliphatic heterocycles. The highest BCUT2D eigenvalue weighted by molar-refractivity contribution is 6.01. The second-order valence-corrected chi connectivity index (χ2v) is 13.4. The van der Waals surface area contributed by atoms with E-state index in [1.54, 1.807) is 0 Å². The van der Waals surface area contributed by atoms with Gasteiger partial charge in [0.25, 0.3) is 0 Å². The maximum Gasteiger partial charge on any atom is 0.209 e. The molecule has 3 heterocycles. The Kier molecular flexibility index (Phi) is 6.35. The molecule has 8 rings (SSSR count). The van der Waals surface area contributed by atoms with Gasteiger partial charge in [0.1, 0.15) is 0 Å². The van der Waals surface area contributed by atoms with Crippen molar-refractivity contribution in [3.63, 3.8) is 0 Å². The molecule has 4 aromatic carbocycles. The minimum Gasteiger partial charge on any atom is -0.358 e. The number of para-hydroxylation sites is 2. The third-order valence-corrected chi connectivity index (χ3v) is 10.0. The highest BCUT2D eigenvalue weighted by Crippen LogP contribution is 2.48. The number of nitrogens with one attached hydrogen (secondary N) is 1. The number of aryl methyl sites for hydroxylation is 1. The van der Waals surface area contributed by atoms with Gasteiger partial charge in [-0.3, -0.25) is 9.36 Å². The van der Waals surface area contributed by atoms with Gasteiger partial charge in [0, 0.05) is 35.5 Å². The normalized spacial score (nSPS) is 20.3. The van der Waals surface area contributed by atoms with Gasteiger partial charge in [0.15, 0.2) is 5.78 Å². The van der Waals surface area contributed by atoms with Crippen LogP contribution in [0.3, 0.4) is 0 Å². The van der Waals surface area contributed by atoms with E-state index in [-0.39, 0.29) is 23.3 Å². The van der Waals surface area contributed by atoms with Gasteiger partial charge in [-0.15, -0.1) is 0 Å². The molecule has 1 N–H and O–H groups in total. The van der Waals surface area contributed by atoms with Crippen LogP contribution in [-0.4, -0.2) is 20.9 Å². The largest absolute Gasteiger partial charge is 0.358 e. The number of rotatable bonds is 4. The van der Waals surface area contributed by atoms with Crippen LogP contribution in [0.4, 0.5) is 11.6 Å². The zero-order valence-electron chi connectivity index (χ0n) is 26.3. The van der Waals surface area contributed by atoms with E-state index in [0.717, 1.165) is 46.8 Å². The summed E-state index contributed by atoms with van der Waals surface area (Å²) in [5.74, 6) is 1.15. The SMILES string of the molecule is CC1=CC(C)(C)N(Cc2ccccc2)c2ccc([C@@H]3C4=C(C[C@H](c5ccccc5C)CC4=O)Nc4nc5ccccc5n43)cc21. The molecule has 5 nitrogen and oxygen atoms in total. The molecule has 0 radical (unpaired) electrons. The monoisotopic (exact) mass is 590 g/mol. The van der Waals surface area contributed by atoms with Gasteiger partial charge in [0.2, 0.25) is 5.95 Å². The molecule has 0 saturated heterocycles. The molecule has 5 heteroatoms. The molecule has 0 amide bonds. The van der Waals surface area contributed by atoms with Crippen molar-refractivity contribution in [2.75, 3.05) is 10.2 Å². The number of fused-ring (bicyclic) bond motifs is 4. The molecule has 1 aliphatic carbocycles. The molecule has 5 aromatic rings. The van der Waals surface area contributed by atoms with Gasteiger partial charge in [0.05, 0.1) is 22.6 Å². The number of benzene rings is 4. The average Bonchev–Trinajstić information content (AvgIpc) is 3.40. The van der Waals surface area contributed by atoms with Crippen molar-refractivity contribution >= 4 is 34.0 Å². The Bertz CT molecular complexity index is 2050. The third kappa shape index (κ3) is 4.52. The fourth-order valence-electron chi connectivity index (χ4n) is 7.93. The van der Waals surface area contributed by atoms with Crippen molar-refractivity contribution in [3.05, 3.63) is 142 Å². The van der Waals surface area contributed by atoms with Gasteiger partial charge in [-0.25, -0.2) is 4.98 Å². The summed E-state index contributed by atoms with van der Waals surface area (Å²) in [5, 5.41) is 3.64. The van der Waals surface area contributed by atoms with E-state index in [4.69, 9.17) is 4.98 Å². The van der Waals surface area contributed by atoms with Crippen LogP contribution in [0, 0.1) is 6.92 Å². The number of aromatic nitrogens is 2. The topological polar surface area (TPSA) is 50.2 Å². The summed E-state index contributed by atoms with van der Waals surface area (Å²) >= 11 is 0. The molecular formula is C40H38N4O. The first-order valence-corrected chi connectivity index (χ1v) is 16.0. The number of carbonyl (C=O) groups excluding carboxylic acids is 1. The minimum absolute atomic E-state index is 0.142. The number of Topliss-reactive ketones (excluding diaryl/α,β-unsaturated/α-hetero) is 1. The predicted octanol–water partition coefficient (Wildman–Crippen LogP) is 8.96. The van der Waals surface area contributed by atoms with E-state index in [2.05, 4.69) is 140 Å². The number of anilines is 2. The molecule has 3 aliphatic rings. The fraction of sp³-hybridized carbons (Fsp3) is 0.250. The average molecular weight is 591 g/mol. The van der Waals surface area contributed by atoms with Crippen LogP contribution in [0.5, 0.6) is 0 Å². The summed E-state index contributed by atoms with van der Waals surface area (Å²) in [6.07, 6.45) is 3.67. The van der Waals surface area contributed by atoms with E-state index in [1.165, 1.54) is 33.5 Å². The van der Waals surface area contributed by atoms with Crippen molar-refractivity contribution < 1.29 is 4.79 Å². The van der Waals surface area contributed by atoms with E-state index < -0.39 is 0 Å². The Balaban J connectivity index is 1.28. The lowest BCUT2D eigenvalue weighted by Crippen LogP contribution is -2.44. The fourth-order valence-corrected chi connectivity index (χ4v) is 7.93. The Morgan fingerprint density at radius 3 is 2.47 bits per heavy atom. The summed E-state index contributed by atoms with van der Waals surface area (Å²) in [4.78, 5) is 21.8. The molecule has 2 atom stereocenters. The first-order chi connectivity index (χ1) is 21.8. The predicted molar refractivity (Wildman–Crippen MR) is 183 cm³/mol. The summed E-state index contributed by atoms with van der Waals surface area (Å²) in [7, 11) is 0. The van der Waals surface area contributed by atoms with Gasteiger partial charge in [-0.1, -0.05) is 78.9 Å². The van der Waals surface area contributed by atoms with E-state index in [0.29, 0.717) is 6.42 Å². The highest BCUT2D eigenvalue weighted by atomic mass is 16.1. The summed E-state index contributed by atoms with van der Waals surface area (Å²) < 4.78 is 2.25. The van der Waals surface area contributed by atoms with Crippen LogP contribution in [0.25, 0.3) is 16.6 Å². The van der Waals surface area contributed by atoms with Crippen LogP contribution >= 0.6 is 0 Å². The highest BCUT2D eigenvalue weighted by Gasteiger charge is 2.40. The minimum atomic E-state index is -0.260. The zero-order chi connectivity index (χ0) is 30.9. The van der Waals surface area contributed by atoms with Crippen LogP contribution in [0.2, 0.25) is 0 Å². The van der Waals surface area contributed by atoms with E-state index in [1.807, 2.05) is 6.07 Å². The lowest BCUT2D eigenvalue weighted by molar-refractivity contribution is -0.116. The first-order valence-electron chi connectivity index (χ1n) is 16.0. The van der Waals surface area contributed by atoms with Crippen molar-refractivity contribution in [2.45, 2.75) is 64.6 Å². The van der Waals surface area contributed by atoms with Gasteiger partial charge < -0.3 is 10.2 Å². The molecule has 0 unspecified atom stereocenters. The molecule has 224 valence electrons. The number of nitrogens with zero attached hydrogens (tertiary/aromatic N) is 3. The zero-order valence-corrected chi connectivity index (χ0v) is 26.3. The smallest absolute Gasteiger partial charge is 0.209 e. The second kappa shape index (κ2) is 10.3. The Labute approximate surface area is 264 Å². The third-order valence-electron chi connectivity index (χ3n) is 10.0. The number of imidazole rings is 1. The number of hydrogen-bond acceptors (Lipinski definition) is 4.